The molecule has 0 saturated carbocycles. The Morgan fingerprint density at radius 1 is 1.25 bits per heavy atom. The molecule has 24 heavy (non-hydrogen) atoms. The Balaban J connectivity index is 1.96. The van der Waals surface area contributed by atoms with E-state index in [9.17, 15) is 4.79 Å². The zero-order valence-electron chi connectivity index (χ0n) is 14.9. The molecule has 1 atom stereocenters. The van der Waals surface area contributed by atoms with Gasteiger partial charge in [-0.25, -0.2) is 4.79 Å². The van der Waals surface area contributed by atoms with Gasteiger partial charge in [-0.2, -0.15) is 5.26 Å². The molecule has 1 aliphatic heterocycles. The first kappa shape index (κ1) is 18.3. The Hall–Kier alpha value is -2.06. The molecule has 130 valence electrons. The van der Waals surface area contributed by atoms with Gasteiger partial charge in [0.15, 0.2) is 0 Å². The van der Waals surface area contributed by atoms with Crippen LogP contribution in [-0.4, -0.2) is 36.8 Å². The highest BCUT2D eigenvalue weighted by Gasteiger charge is 2.31. The Bertz CT molecular complexity index is 591. The summed E-state index contributed by atoms with van der Waals surface area (Å²) in [6.45, 7) is 6.99. The van der Waals surface area contributed by atoms with E-state index in [4.69, 9.17) is 14.7 Å². The number of carbonyl (C=O) groups is 1. The fraction of sp³-hybridized carbons (Fsp3) is 0.579. The largest absolute Gasteiger partial charge is 0.444 e. The van der Waals surface area contributed by atoms with E-state index >= 15 is 0 Å². The summed E-state index contributed by atoms with van der Waals surface area (Å²) in [4.78, 5) is 13.9. The van der Waals surface area contributed by atoms with Gasteiger partial charge in [0.05, 0.1) is 17.7 Å². The lowest BCUT2D eigenvalue weighted by atomic mass is 9.87. The van der Waals surface area contributed by atoms with Crippen LogP contribution in [-0.2, 0) is 9.47 Å². The number of hydrogen-bond donors (Lipinski definition) is 0. The standard InChI is InChI=1S/C19H26N2O3/c1-19(2,3)24-18(22)21-11-9-16(10-12-21)17(23-4)15-7-5-14(13-20)6-8-15/h5-8,16-17H,9-12H2,1-4H3. The van der Waals surface area contributed by atoms with E-state index < -0.39 is 5.60 Å². The van der Waals surface area contributed by atoms with Gasteiger partial charge in [-0.1, -0.05) is 12.1 Å². The molecule has 1 unspecified atom stereocenters. The maximum absolute atomic E-state index is 12.1. The van der Waals surface area contributed by atoms with Crippen molar-refractivity contribution in [1.29, 1.82) is 5.26 Å². The number of rotatable bonds is 3. The van der Waals surface area contributed by atoms with Gasteiger partial charge in [-0.3, -0.25) is 0 Å². The third kappa shape index (κ3) is 4.72. The van der Waals surface area contributed by atoms with Crippen LogP contribution in [0.2, 0.25) is 0 Å². The third-order valence-electron chi connectivity index (χ3n) is 4.24. The van der Waals surface area contributed by atoms with Crippen LogP contribution < -0.4 is 0 Å². The van der Waals surface area contributed by atoms with Crippen molar-refractivity contribution < 1.29 is 14.3 Å². The number of nitrogens with zero attached hydrogens (tertiary/aromatic N) is 2. The summed E-state index contributed by atoms with van der Waals surface area (Å²) in [6, 6.07) is 9.66. The van der Waals surface area contributed by atoms with E-state index in [1.807, 2.05) is 45.0 Å². The van der Waals surface area contributed by atoms with Crippen LogP contribution in [0.15, 0.2) is 24.3 Å². The molecule has 1 saturated heterocycles. The number of benzene rings is 1. The summed E-state index contributed by atoms with van der Waals surface area (Å²) >= 11 is 0. The molecule has 0 radical (unpaired) electrons. The highest BCUT2D eigenvalue weighted by Crippen LogP contribution is 2.33. The van der Waals surface area contributed by atoms with Gasteiger partial charge < -0.3 is 14.4 Å². The van der Waals surface area contributed by atoms with Gasteiger partial charge in [-0.05, 0) is 57.2 Å². The summed E-state index contributed by atoms with van der Waals surface area (Å²) in [5.41, 5.74) is 1.26. The van der Waals surface area contributed by atoms with Crippen LogP contribution >= 0.6 is 0 Å². The maximum atomic E-state index is 12.1. The lowest BCUT2D eigenvalue weighted by molar-refractivity contribution is -0.00231. The van der Waals surface area contributed by atoms with Gasteiger partial charge >= 0.3 is 6.09 Å². The zero-order chi connectivity index (χ0) is 17.7. The second-order valence-electron chi connectivity index (χ2n) is 7.19. The monoisotopic (exact) mass is 330 g/mol. The van der Waals surface area contributed by atoms with E-state index in [-0.39, 0.29) is 12.2 Å². The molecule has 0 N–H and O–H groups in total. The fourth-order valence-electron chi connectivity index (χ4n) is 3.06. The minimum Gasteiger partial charge on any atom is -0.444 e. The van der Waals surface area contributed by atoms with E-state index in [2.05, 4.69) is 6.07 Å². The molecule has 0 aromatic heterocycles. The lowest BCUT2D eigenvalue weighted by Crippen LogP contribution is -2.42. The second kappa shape index (κ2) is 7.67. The second-order valence-corrected chi connectivity index (χ2v) is 7.19. The summed E-state index contributed by atoms with van der Waals surface area (Å²) in [5.74, 6) is 0.349. The number of methoxy groups -OCH3 is 1. The van der Waals surface area contributed by atoms with Gasteiger partial charge in [0, 0.05) is 20.2 Å². The quantitative estimate of drug-likeness (QED) is 0.843. The number of ether oxygens (including phenoxy) is 2. The molecule has 0 bridgehead atoms. The van der Waals surface area contributed by atoms with Crippen molar-refractivity contribution in [3.05, 3.63) is 35.4 Å². The highest BCUT2D eigenvalue weighted by atomic mass is 16.6. The van der Waals surface area contributed by atoms with Crippen molar-refractivity contribution in [3.63, 3.8) is 0 Å². The fourth-order valence-corrected chi connectivity index (χ4v) is 3.06. The number of hydrogen-bond acceptors (Lipinski definition) is 4. The Morgan fingerprint density at radius 3 is 2.29 bits per heavy atom. The van der Waals surface area contributed by atoms with Crippen LogP contribution in [0.4, 0.5) is 4.79 Å². The van der Waals surface area contributed by atoms with E-state index in [0.717, 1.165) is 18.4 Å². The molecule has 1 aromatic rings. The molecule has 0 aliphatic carbocycles. The smallest absolute Gasteiger partial charge is 0.410 e. The predicted molar refractivity (Wildman–Crippen MR) is 91.4 cm³/mol. The summed E-state index contributed by atoms with van der Waals surface area (Å²) in [6.07, 6.45) is 1.49. The van der Waals surface area contributed by atoms with Gasteiger partial charge in [-0.15, -0.1) is 0 Å². The first-order chi connectivity index (χ1) is 11.3. The molecule has 1 heterocycles. The highest BCUT2D eigenvalue weighted by molar-refractivity contribution is 5.68. The maximum Gasteiger partial charge on any atom is 0.410 e. The summed E-state index contributed by atoms with van der Waals surface area (Å²) in [5, 5.41) is 8.90. The Kier molecular flexibility index (Phi) is 5.84. The van der Waals surface area contributed by atoms with Crippen LogP contribution in [0.1, 0.15) is 50.8 Å². The molecule has 2 rings (SSSR count). The van der Waals surface area contributed by atoms with Crippen LogP contribution in [0.3, 0.4) is 0 Å². The van der Waals surface area contributed by atoms with Crippen molar-refractivity contribution in [1.82, 2.24) is 4.90 Å². The SMILES string of the molecule is COC(c1ccc(C#N)cc1)C1CCN(C(=O)OC(C)(C)C)CC1. The Labute approximate surface area is 144 Å². The van der Waals surface area contributed by atoms with Crippen molar-refractivity contribution in [2.24, 2.45) is 5.92 Å². The van der Waals surface area contributed by atoms with Crippen molar-refractivity contribution in [2.75, 3.05) is 20.2 Å². The summed E-state index contributed by atoms with van der Waals surface area (Å²) < 4.78 is 11.1. The van der Waals surface area contributed by atoms with Crippen molar-refractivity contribution in [2.45, 2.75) is 45.3 Å². The van der Waals surface area contributed by atoms with E-state index in [0.29, 0.717) is 24.6 Å². The molecule has 0 spiro atoms. The first-order valence-corrected chi connectivity index (χ1v) is 8.35. The van der Waals surface area contributed by atoms with Crippen molar-refractivity contribution in [3.8, 4) is 6.07 Å². The van der Waals surface area contributed by atoms with Crippen molar-refractivity contribution >= 4 is 6.09 Å². The first-order valence-electron chi connectivity index (χ1n) is 8.35. The van der Waals surface area contributed by atoms with Crippen LogP contribution in [0.5, 0.6) is 0 Å². The third-order valence-corrected chi connectivity index (χ3v) is 4.24. The number of nitriles is 1. The number of piperidine rings is 1. The molecule has 5 heteroatoms. The average molecular weight is 330 g/mol. The number of carbonyl (C=O) groups excluding carboxylic acids is 1. The minimum absolute atomic E-state index is 0.0153. The molecule has 1 aromatic carbocycles. The van der Waals surface area contributed by atoms with Gasteiger partial charge in [0.1, 0.15) is 5.60 Å². The molecule has 1 fully saturated rings. The Morgan fingerprint density at radius 2 is 1.83 bits per heavy atom. The molecular formula is C19H26N2O3. The summed E-state index contributed by atoms with van der Waals surface area (Å²) in [7, 11) is 1.71. The number of amides is 1. The lowest BCUT2D eigenvalue weighted by Gasteiger charge is -2.36. The minimum atomic E-state index is -0.467. The van der Waals surface area contributed by atoms with E-state index in [1.165, 1.54) is 0 Å². The van der Waals surface area contributed by atoms with Crippen LogP contribution in [0.25, 0.3) is 0 Å². The predicted octanol–water partition coefficient (Wildman–Crippen LogP) is 3.89. The van der Waals surface area contributed by atoms with Gasteiger partial charge in [0.2, 0.25) is 0 Å². The molecule has 1 aliphatic rings. The van der Waals surface area contributed by atoms with Gasteiger partial charge in [0.25, 0.3) is 0 Å². The zero-order valence-corrected chi connectivity index (χ0v) is 14.9. The normalized spacial score (nSPS) is 17.2. The van der Waals surface area contributed by atoms with Crippen LogP contribution in [0, 0.1) is 17.2 Å². The molecule has 1 amide bonds. The molecule has 5 nitrogen and oxygen atoms in total. The molecular weight excluding hydrogens is 304 g/mol. The number of likely N-dealkylation sites (tertiary alicyclic amines) is 1. The average Bonchev–Trinajstić information content (AvgIpc) is 2.55. The topological polar surface area (TPSA) is 62.6 Å². The van der Waals surface area contributed by atoms with E-state index in [1.54, 1.807) is 12.0 Å².